The third-order valence-electron chi connectivity index (χ3n) is 5.41. The largest absolute Gasteiger partial charge is 0.386 e. The zero-order valence-corrected chi connectivity index (χ0v) is 16.3. The van der Waals surface area contributed by atoms with Crippen LogP contribution in [0, 0.1) is 5.92 Å². The highest BCUT2D eigenvalue weighted by Crippen LogP contribution is 2.22. The number of rotatable bonds is 7. The molecule has 142 valence electrons. The lowest BCUT2D eigenvalue weighted by atomic mass is 9.95. The summed E-state index contributed by atoms with van der Waals surface area (Å²) in [5.41, 5.74) is 2.30. The highest BCUT2D eigenvalue weighted by Gasteiger charge is 2.24. The number of amides is 1. The molecule has 0 radical (unpaired) electrons. The Bertz CT molecular complexity index is 678. The molecule has 4 heteroatoms. The molecule has 0 aliphatic carbocycles. The molecule has 1 aliphatic rings. The summed E-state index contributed by atoms with van der Waals surface area (Å²) >= 11 is 0. The molecule has 4 nitrogen and oxygen atoms in total. The number of carbonyl (C=O) groups excluding carboxylic acids is 2. The van der Waals surface area contributed by atoms with E-state index in [4.69, 9.17) is 0 Å². The first-order valence-electron chi connectivity index (χ1n) is 9.51. The lowest BCUT2D eigenvalue weighted by Crippen LogP contribution is -2.37. The van der Waals surface area contributed by atoms with Gasteiger partial charge in [0.1, 0.15) is 0 Å². The first kappa shape index (κ1) is 20.4. The molecule has 1 heterocycles. The van der Waals surface area contributed by atoms with Crippen molar-refractivity contribution in [1.29, 1.82) is 0 Å². The highest BCUT2D eigenvalue weighted by molar-refractivity contribution is 5.94. The maximum absolute atomic E-state index is 12.8. The van der Waals surface area contributed by atoms with E-state index >= 15 is 0 Å². The van der Waals surface area contributed by atoms with Crippen LogP contribution in [-0.4, -0.2) is 40.4 Å². The Morgan fingerprint density at radius 2 is 1.96 bits per heavy atom. The van der Waals surface area contributed by atoms with Gasteiger partial charge in [-0.05, 0) is 63.1 Å². The molecule has 0 spiro atoms. The van der Waals surface area contributed by atoms with Gasteiger partial charge in [0.25, 0.3) is 0 Å². The predicted molar refractivity (Wildman–Crippen MR) is 104 cm³/mol. The number of carbonyl (C=O) groups is 2. The first-order valence-corrected chi connectivity index (χ1v) is 9.51. The maximum Gasteiger partial charge on any atom is 0.225 e. The Morgan fingerprint density at radius 1 is 1.31 bits per heavy atom. The molecule has 0 bridgehead atoms. The number of nitrogens with zero attached hydrogens (tertiary/aromatic N) is 1. The van der Waals surface area contributed by atoms with Crippen molar-refractivity contribution in [3.8, 4) is 0 Å². The van der Waals surface area contributed by atoms with E-state index in [1.165, 1.54) is 11.1 Å². The maximum atomic E-state index is 12.8. The molecule has 1 aromatic rings. The number of ketones is 1. The van der Waals surface area contributed by atoms with Crippen LogP contribution >= 0.6 is 0 Å². The Kier molecular flexibility index (Phi) is 6.76. The van der Waals surface area contributed by atoms with Crippen LogP contribution in [-0.2, 0) is 17.6 Å². The van der Waals surface area contributed by atoms with E-state index in [0.717, 1.165) is 37.8 Å². The van der Waals surface area contributed by atoms with Crippen molar-refractivity contribution in [1.82, 2.24) is 4.90 Å². The van der Waals surface area contributed by atoms with E-state index in [1.54, 1.807) is 19.9 Å². The Hall–Kier alpha value is -1.94. The molecule has 1 aliphatic heterocycles. The molecule has 26 heavy (non-hydrogen) atoms. The molecule has 1 aromatic carbocycles. The number of Topliss-reactive ketones (excluding diaryl/α,β-unsaturated/α-hetero) is 1. The molecular formula is C22H31NO3. The number of fused-ring (bicyclic) bond motifs is 1. The van der Waals surface area contributed by atoms with Gasteiger partial charge in [-0.1, -0.05) is 25.1 Å². The number of aliphatic hydroxyl groups is 1. The van der Waals surface area contributed by atoms with Crippen LogP contribution < -0.4 is 0 Å². The van der Waals surface area contributed by atoms with Crippen molar-refractivity contribution >= 4 is 11.7 Å². The lowest BCUT2D eigenvalue weighted by molar-refractivity contribution is -0.135. The number of hydrogen-bond acceptors (Lipinski definition) is 3. The van der Waals surface area contributed by atoms with E-state index in [0.29, 0.717) is 13.0 Å². The Balaban J connectivity index is 1.93. The molecule has 1 amide bonds. The minimum absolute atomic E-state index is 0.0513. The van der Waals surface area contributed by atoms with Gasteiger partial charge in [0, 0.05) is 24.6 Å². The quantitative estimate of drug-likeness (QED) is 0.600. The standard InChI is InChI=1S/C22H31NO3/c1-5-22(4,26)12-6-7-16(2)21(25)23-13-10-18-8-9-19(17(3)24)15-20(18)11-14-23/h5,8-9,15-16,26H,1,6-7,10-14H2,2-4H3. The fourth-order valence-corrected chi connectivity index (χ4v) is 3.47. The van der Waals surface area contributed by atoms with Crippen molar-refractivity contribution in [2.75, 3.05) is 13.1 Å². The van der Waals surface area contributed by atoms with E-state index < -0.39 is 5.60 Å². The zero-order valence-electron chi connectivity index (χ0n) is 16.3. The molecule has 0 fully saturated rings. The normalized spacial score (nSPS) is 17.6. The molecule has 2 rings (SSSR count). The van der Waals surface area contributed by atoms with Gasteiger partial charge in [-0.2, -0.15) is 0 Å². The van der Waals surface area contributed by atoms with E-state index in [1.807, 2.05) is 30.0 Å². The van der Waals surface area contributed by atoms with E-state index in [2.05, 4.69) is 6.58 Å². The third kappa shape index (κ3) is 5.28. The summed E-state index contributed by atoms with van der Waals surface area (Å²) in [5.74, 6) is 0.210. The van der Waals surface area contributed by atoms with Crippen molar-refractivity contribution in [2.24, 2.45) is 5.92 Å². The lowest BCUT2D eigenvalue weighted by Gasteiger charge is -2.25. The van der Waals surface area contributed by atoms with Crippen molar-refractivity contribution in [3.63, 3.8) is 0 Å². The smallest absolute Gasteiger partial charge is 0.225 e. The molecule has 0 saturated heterocycles. The zero-order chi connectivity index (χ0) is 19.3. The van der Waals surface area contributed by atoms with Gasteiger partial charge in [-0.15, -0.1) is 6.58 Å². The van der Waals surface area contributed by atoms with Crippen LogP contribution in [0.1, 0.15) is 61.5 Å². The molecule has 1 N–H and O–H groups in total. The molecule has 0 saturated carbocycles. The van der Waals surface area contributed by atoms with Crippen molar-refractivity contribution in [3.05, 3.63) is 47.5 Å². The fraction of sp³-hybridized carbons (Fsp3) is 0.545. The average molecular weight is 357 g/mol. The predicted octanol–water partition coefficient (Wildman–Crippen LogP) is 3.56. The minimum Gasteiger partial charge on any atom is -0.386 e. The summed E-state index contributed by atoms with van der Waals surface area (Å²) in [7, 11) is 0. The van der Waals surface area contributed by atoms with E-state index in [9.17, 15) is 14.7 Å². The van der Waals surface area contributed by atoms with Crippen LogP contribution in [0.3, 0.4) is 0 Å². The summed E-state index contributed by atoms with van der Waals surface area (Å²) in [6.07, 6.45) is 5.36. The molecule has 2 unspecified atom stereocenters. The first-order chi connectivity index (χ1) is 12.2. The second-order valence-corrected chi connectivity index (χ2v) is 7.72. The number of benzene rings is 1. The van der Waals surface area contributed by atoms with Gasteiger partial charge in [-0.3, -0.25) is 9.59 Å². The Labute approximate surface area is 156 Å². The summed E-state index contributed by atoms with van der Waals surface area (Å²) < 4.78 is 0. The van der Waals surface area contributed by atoms with Gasteiger partial charge < -0.3 is 10.0 Å². The number of hydrogen-bond donors (Lipinski definition) is 1. The summed E-state index contributed by atoms with van der Waals surface area (Å²) in [4.78, 5) is 26.3. The minimum atomic E-state index is -0.860. The van der Waals surface area contributed by atoms with Crippen molar-refractivity contribution < 1.29 is 14.7 Å². The van der Waals surface area contributed by atoms with Gasteiger partial charge in [-0.25, -0.2) is 0 Å². The molecular weight excluding hydrogens is 326 g/mol. The van der Waals surface area contributed by atoms with Crippen LogP contribution in [0.5, 0.6) is 0 Å². The molecule has 0 aromatic heterocycles. The van der Waals surface area contributed by atoms with E-state index in [-0.39, 0.29) is 17.6 Å². The van der Waals surface area contributed by atoms with Gasteiger partial charge in [0.05, 0.1) is 5.60 Å². The van der Waals surface area contributed by atoms with Crippen LogP contribution in [0.4, 0.5) is 0 Å². The highest BCUT2D eigenvalue weighted by atomic mass is 16.3. The monoisotopic (exact) mass is 357 g/mol. The average Bonchev–Trinajstić information content (AvgIpc) is 2.82. The summed E-state index contributed by atoms with van der Waals surface area (Å²) in [5, 5.41) is 9.98. The van der Waals surface area contributed by atoms with Crippen LogP contribution in [0.25, 0.3) is 0 Å². The summed E-state index contributed by atoms with van der Waals surface area (Å²) in [6, 6.07) is 5.89. The Morgan fingerprint density at radius 3 is 2.58 bits per heavy atom. The second kappa shape index (κ2) is 8.63. The van der Waals surface area contributed by atoms with Crippen molar-refractivity contribution in [2.45, 2.75) is 58.5 Å². The van der Waals surface area contributed by atoms with Crippen LogP contribution in [0.2, 0.25) is 0 Å². The third-order valence-corrected chi connectivity index (χ3v) is 5.41. The van der Waals surface area contributed by atoms with Crippen LogP contribution in [0.15, 0.2) is 30.9 Å². The topological polar surface area (TPSA) is 57.6 Å². The summed E-state index contributed by atoms with van der Waals surface area (Å²) in [6.45, 7) is 10.4. The van der Waals surface area contributed by atoms with Gasteiger partial charge >= 0.3 is 0 Å². The fourth-order valence-electron chi connectivity index (χ4n) is 3.47. The van der Waals surface area contributed by atoms with Gasteiger partial charge in [0.15, 0.2) is 5.78 Å². The molecule has 2 atom stereocenters. The van der Waals surface area contributed by atoms with Gasteiger partial charge in [0.2, 0.25) is 5.91 Å². The second-order valence-electron chi connectivity index (χ2n) is 7.72. The SMILES string of the molecule is C=CC(C)(O)CCCC(C)C(=O)N1CCc2ccc(C(C)=O)cc2CC1.